The highest BCUT2D eigenvalue weighted by Crippen LogP contribution is 2.56. The van der Waals surface area contributed by atoms with E-state index in [-0.39, 0.29) is 17.8 Å². The molecule has 3 unspecified atom stereocenters. The Hall–Kier alpha value is -0.990. The van der Waals surface area contributed by atoms with Crippen molar-refractivity contribution in [3.8, 4) is 0 Å². The topological polar surface area (TPSA) is 51.2 Å². The van der Waals surface area contributed by atoms with Crippen LogP contribution in [0.1, 0.15) is 19.3 Å². The highest BCUT2D eigenvalue weighted by Gasteiger charge is 2.58. The van der Waals surface area contributed by atoms with E-state index >= 15 is 0 Å². The quantitative estimate of drug-likeness (QED) is 0.472. The number of hydrogen-bond acceptors (Lipinski definition) is 3. The molecule has 2 fully saturated rings. The highest BCUT2D eigenvalue weighted by molar-refractivity contribution is 5.90. The zero-order valence-corrected chi connectivity index (χ0v) is 7.31. The average Bonchev–Trinajstić information content (AvgIpc) is 2.74. The summed E-state index contributed by atoms with van der Waals surface area (Å²) in [6.07, 6.45) is 4.99. The zero-order valence-electron chi connectivity index (χ0n) is 7.31. The van der Waals surface area contributed by atoms with E-state index < -0.39 is 5.41 Å². The molecule has 3 heteroatoms. The molecule has 3 nitrogen and oxygen atoms in total. The second-order valence-corrected chi connectivity index (χ2v) is 4.17. The van der Waals surface area contributed by atoms with Crippen molar-refractivity contribution in [3.05, 3.63) is 0 Å². The van der Waals surface area contributed by atoms with Gasteiger partial charge < -0.3 is 14.4 Å². The molecule has 3 atom stereocenters. The van der Waals surface area contributed by atoms with Crippen LogP contribution in [0.15, 0.2) is 0 Å². The number of carbonyl (C=O) groups is 3. The predicted octanol–water partition coefficient (Wildman–Crippen LogP) is 0.616. The van der Waals surface area contributed by atoms with Crippen LogP contribution in [0.2, 0.25) is 0 Å². The molecule has 0 amide bonds. The van der Waals surface area contributed by atoms with E-state index in [1.54, 1.807) is 0 Å². The molecule has 0 spiro atoms. The van der Waals surface area contributed by atoms with Crippen LogP contribution in [0.25, 0.3) is 0 Å². The highest BCUT2D eigenvalue weighted by atomic mass is 16.1. The standard InChI is InChI=1S/C10H12O3/c11-4-9-7-1-2-8(3-7)10(9,5-12)6-13/h4-9H,1-3H2. The smallest absolute Gasteiger partial charge is 0.134 e. The molecule has 0 aromatic heterocycles. The molecule has 70 valence electrons. The van der Waals surface area contributed by atoms with Crippen molar-refractivity contribution < 1.29 is 14.4 Å². The Labute approximate surface area is 76.5 Å². The average molecular weight is 180 g/mol. The Morgan fingerprint density at radius 1 is 1.08 bits per heavy atom. The van der Waals surface area contributed by atoms with Crippen molar-refractivity contribution in [2.75, 3.05) is 0 Å². The fraction of sp³-hybridized carbons (Fsp3) is 0.700. The van der Waals surface area contributed by atoms with E-state index in [4.69, 9.17) is 0 Å². The van der Waals surface area contributed by atoms with Crippen LogP contribution >= 0.6 is 0 Å². The monoisotopic (exact) mass is 180 g/mol. The third-order valence-corrected chi connectivity index (χ3v) is 3.82. The summed E-state index contributed by atoms with van der Waals surface area (Å²) in [6.45, 7) is 0. The van der Waals surface area contributed by atoms with Crippen molar-refractivity contribution in [1.82, 2.24) is 0 Å². The minimum Gasteiger partial charge on any atom is -0.303 e. The van der Waals surface area contributed by atoms with Crippen LogP contribution in [0.3, 0.4) is 0 Å². The second-order valence-electron chi connectivity index (χ2n) is 4.17. The maximum Gasteiger partial charge on any atom is 0.134 e. The molecule has 13 heavy (non-hydrogen) atoms. The molecule has 0 N–H and O–H groups in total. The van der Waals surface area contributed by atoms with E-state index in [9.17, 15) is 14.4 Å². The van der Waals surface area contributed by atoms with E-state index in [0.717, 1.165) is 25.5 Å². The van der Waals surface area contributed by atoms with E-state index in [1.165, 1.54) is 0 Å². The first kappa shape index (κ1) is 8.60. The Balaban J connectivity index is 2.40. The molecule has 2 rings (SSSR count). The summed E-state index contributed by atoms with van der Waals surface area (Å²) >= 11 is 0. The molecule has 0 radical (unpaired) electrons. The summed E-state index contributed by atoms with van der Waals surface area (Å²) in [5, 5.41) is 0. The third kappa shape index (κ3) is 0.872. The Morgan fingerprint density at radius 3 is 2.23 bits per heavy atom. The Bertz CT molecular complexity index is 251. The van der Waals surface area contributed by atoms with Crippen LogP contribution in [0, 0.1) is 23.2 Å². The molecule has 0 aliphatic heterocycles. The predicted molar refractivity (Wildman–Crippen MR) is 44.9 cm³/mol. The SMILES string of the molecule is O=CC1C2CCC(C2)C1(C=O)C=O. The fourth-order valence-electron chi connectivity index (χ4n) is 3.08. The lowest BCUT2D eigenvalue weighted by Gasteiger charge is -2.31. The van der Waals surface area contributed by atoms with Crippen LogP contribution in [-0.2, 0) is 14.4 Å². The van der Waals surface area contributed by atoms with Crippen molar-refractivity contribution in [2.24, 2.45) is 23.2 Å². The van der Waals surface area contributed by atoms with Gasteiger partial charge in [0, 0.05) is 5.92 Å². The first-order chi connectivity index (χ1) is 6.28. The molecule has 2 saturated carbocycles. The van der Waals surface area contributed by atoms with Gasteiger partial charge in [-0.05, 0) is 31.1 Å². The molecule has 0 aromatic carbocycles. The summed E-state index contributed by atoms with van der Waals surface area (Å²) in [6, 6.07) is 0. The summed E-state index contributed by atoms with van der Waals surface area (Å²) in [4.78, 5) is 32.7. The third-order valence-electron chi connectivity index (χ3n) is 3.82. The van der Waals surface area contributed by atoms with Crippen LogP contribution in [0.4, 0.5) is 0 Å². The lowest BCUT2D eigenvalue weighted by atomic mass is 9.68. The second kappa shape index (κ2) is 2.76. The van der Waals surface area contributed by atoms with Gasteiger partial charge in [-0.15, -0.1) is 0 Å². The molecule has 0 aromatic rings. The zero-order chi connectivity index (χ0) is 9.47. The number of aldehydes is 3. The van der Waals surface area contributed by atoms with Gasteiger partial charge in [0.25, 0.3) is 0 Å². The lowest BCUT2D eigenvalue weighted by Crippen LogP contribution is -2.40. The van der Waals surface area contributed by atoms with Crippen molar-refractivity contribution in [3.63, 3.8) is 0 Å². The first-order valence-electron chi connectivity index (χ1n) is 4.66. The van der Waals surface area contributed by atoms with Crippen LogP contribution in [0.5, 0.6) is 0 Å². The van der Waals surface area contributed by atoms with E-state index in [0.29, 0.717) is 12.6 Å². The summed E-state index contributed by atoms with van der Waals surface area (Å²) < 4.78 is 0. The minimum atomic E-state index is -0.968. The molecule has 2 aliphatic carbocycles. The van der Waals surface area contributed by atoms with Crippen molar-refractivity contribution in [1.29, 1.82) is 0 Å². The van der Waals surface area contributed by atoms with Gasteiger partial charge in [-0.25, -0.2) is 0 Å². The Kier molecular flexibility index (Phi) is 1.82. The molecule has 2 bridgehead atoms. The molecule has 0 heterocycles. The number of fused-ring (bicyclic) bond motifs is 2. The van der Waals surface area contributed by atoms with Gasteiger partial charge >= 0.3 is 0 Å². The van der Waals surface area contributed by atoms with Gasteiger partial charge in [0.15, 0.2) is 0 Å². The molecular weight excluding hydrogens is 168 g/mol. The van der Waals surface area contributed by atoms with Gasteiger partial charge in [0.05, 0.1) is 5.41 Å². The number of rotatable bonds is 3. The largest absolute Gasteiger partial charge is 0.303 e. The van der Waals surface area contributed by atoms with E-state index in [1.807, 2.05) is 0 Å². The van der Waals surface area contributed by atoms with Gasteiger partial charge in [-0.2, -0.15) is 0 Å². The van der Waals surface area contributed by atoms with Gasteiger partial charge in [0.1, 0.15) is 18.9 Å². The van der Waals surface area contributed by atoms with Crippen LogP contribution < -0.4 is 0 Å². The molecular formula is C10H12O3. The number of carbonyl (C=O) groups excluding carboxylic acids is 3. The van der Waals surface area contributed by atoms with Crippen LogP contribution in [-0.4, -0.2) is 18.9 Å². The summed E-state index contributed by atoms with van der Waals surface area (Å²) in [7, 11) is 0. The lowest BCUT2D eigenvalue weighted by molar-refractivity contribution is -0.137. The van der Waals surface area contributed by atoms with Gasteiger partial charge in [-0.3, -0.25) is 0 Å². The normalized spacial score (nSPS) is 40.2. The van der Waals surface area contributed by atoms with Crippen molar-refractivity contribution in [2.45, 2.75) is 19.3 Å². The fourth-order valence-corrected chi connectivity index (χ4v) is 3.08. The van der Waals surface area contributed by atoms with Gasteiger partial charge in [0.2, 0.25) is 0 Å². The summed E-state index contributed by atoms with van der Waals surface area (Å²) in [5.41, 5.74) is -0.968. The molecule has 2 aliphatic rings. The minimum absolute atomic E-state index is 0.127. The molecule has 0 saturated heterocycles. The maximum atomic E-state index is 10.9. The maximum absolute atomic E-state index is 10.9. The first-order valence-corrected chi connectivity index (χ1v) is 4.66. The summed E-state index contributed by atoms with van der Waals surface area (Å²) in [5.74, 6) is 0.0573. The van der Waals surface area contributed by atoms with Gasteiger partial charge in [-0.1, -0.05) is 0 Å². The van der Waals surface area contributed by atoms with Crippen molar-refractivity contribution >= 4 is 18.9 Å². The Morgan fingerprint density at radius 2 is 1.77 bits per heavy atom. The number of hydrogen-bond donors (Lipinski definition) is 0. The van der Waals surface area contributed by atoms with E-state index in [2.05, 4.69) is 0 Å².